The van der Waals surface area contributed by atoms with E-state index in [0.29, 0.717) is 29.3 Å². The van der Waals surface area contributed by atoms with Crippen LogP contribution in [0.4, 0.5) is 0 Å². The van der Waals surface area contributed by atoms with Gasteiger partial charge in [-0.1, -0.05) is 12.1 Å². The molecule has 5 rings (SSSR count). The maximum Gasteiger partial charge on any atom is 0.306 e. The molecule has 30 heavy (non-hydrogen) atoms. The van der Waals surface area contributed by atoms with Crippen molar-refractivity contribution in [3.05, 3.63) is 42.2 Å². The number of ether oxygens (including phenoxy) is 1. The summed E-state index contributed by atoms with van der Waals surface area (Å²) in [5.41, 5.74) is 2.90. The second-order valence-electron chi connectivity index (χ2n) is 7.46. The van der Waals surface area contributed by atoms with Gasteiger partial charge in [-0.2, -0.15) is 8.42 Å². The number of hydrogen-bond donors (Lipinski definition) is 0. The molecule has 0 bridgehead atoms. The summed E-state index contributed by atoms with van der Waals surface area (Å²) >= 11 is 1.50. The largest absolute Gasteiger partial charge is 0.381 e. The van der Waals surface area contributed by atoms with Gasteiger partial charge in [0.15, 0.2) is 5.75 Å². The topological polar surface area (TPSA) is 83.3 Å². The van der Waals surface area contributed by atoms with E-state index < -0.39 is 10.1 Å². The number of imidazole rings is 1. The Morgan fingerprint density at radius 1 is 1.13 bits per heavy atom. The molecule has 3 heterocycles. The molecule has 0 saturated carbocycles. The molecule has 1 aliphatic rings. The summed E-state index contributed by atoms with van der Waals surface area (Å²) in [6.07, 6.45) is 2.85. The Morgan fingerprint density at radius 2 is 1.90 bits per heavy atom. The highest BCUT2D eigenvalue weighted by molar-refractivity contribution is 7.86. The lowest BCUT2D eigenvalue weighted by molar-refractivity contribution is 0.0701. The first-order chi connectivity index (χ1) is 14.4. The average Bonchev–Trinajstić information content (AvgIpc) is 3.28. The van der Waals surface area contributed by atoms with Gasteiger partial charge in [-0.25, -0.2) is 9.97 Å². The van der Waals surface area contributed by atoms with E-state index >= 15 is 0 Å². The SMILES string of the molecule is Cc1nc2c(OS(C)(=O)=O)c(-c3nc4ccccc4s3)ccc2n1C1CCOCC1. The van der Waals surface area contributed by atoms with Gasteiger partial charge >= 0.3 is 10.1 Å². The van der Waals surface area contributed by atoms with Gasteiger partial charge in [0.25, 0.3) is 0 Å². The highest BCUT2D eigenvalue weighted by Crippen LogP contribution is 2.41. The van der Waals surface area contributed by atoms with E-state index in [1.165, 1.54) is 11.3 Å². The highest BCUT2D eigenvalue weighted by atomic mass is 32.2. The number of rotatable bonds is 4. The van der Waals surface area contributed by atoms with Gasteiger partial charge in [0.2, 0.25) is 0 Å². The number of benzene rings is 2. The first-order valence-electron chi connectivity index (χ1n) is 9.75. The fraction of sp³-hybridized carbons (Fsp3) is 0.333. The third-order valence-electron chi connectivity index (χ3n) is 5.31. The molecule has 0 spiro atoms. The molecule has 9 heteroatoms. The third-order valence-corrected chi connectivity index (χ3v) is 6.85. The molecule has 1 aliphatic heterocycles. The van der Waals surface area contributed by atoms with Gasteiger partial charge in [0.1, 0.15) is 16.3 Å². The summed E-state index contributed by atoms with van der Waals surface area (Å²) in [5, 5.41) is 0.704. The van der Waals surface area contributed by atoms with E-state index in [-0.39, 0.29) is 11.8 Å². The normalized spacial score (nSPS) is 15.8. The minimum Gasteiger partial charge on any atom is -0.381 e. The predicted octanol–water partition coefficient (Wildman–Crippen LogP) is 4.31. The van der Waals surface area contributed by atoms with Crippen LogP contribution in [-0.4, -0.2) is 42.4 Å². The number of aryl methyl sites for hydroxylation is 1. The molecular weight excluding hydrogens is 422 g/mol. The molecule has 2 aromatic carbocycles. The van der Waals surface area contributed by atoms with E-state index in [9.17, 15) is 8.42 Å². The Hall–Kier alpha value is -2.49. The summed E-state index contributed by atoms with van der Waals surface area (Å²) in [4.78, 5) is 9.41. The van der Waals surface area contributed by atoms with Crippen molar-refractivity contribution in [2.24, 2.45) is 0 Å². The lowest BCUT2D eigenvalue weighted by atomic mass is 10.1. The molecule has 1 saturated heterocycles. The molecule has 7 nitrogen and oxygen atoms in total. The minimum absolute atomic E-state index is 0.239. The molecule has 1 fully saturated rings. The summed E-state index contributed by atoms with van der Waals surface area (Å²) in [7, 11) is -3.75. The second-order valence-corrected chi connectivity index (χ2v) is 10.1. The summed E-state index contributed by atoms with van der Waals surface area (Å²) in [6.45, 7) is 3.36. The molecule has 0 N–H and O–H groups in total. The predicted molar refractivity (Wildman–Crippen MR) is 118 cm³/mol. The van der Waals surface area contributed by atoms with Crippen molar-refractivity contribution < 1.29 is 17.3 Å². The zero-order chi connectivity index (χ0) is 20.9. The minimum atomic E-state index is -3.75. The van der Waals surface area contributed by atoms with Crippen LogP contribution < -0.4 is 4.18 Å². The maximum atomic E-state index is 12.1. The number of nitrogens with zero attached hydrogens (tertiary/aromatic N) is 3. The molecule has 2 aromatic heterocycles. The van der Waals surface area contributed by atoms with Crippen molar-refractivity contribution in [2.45, 2.75) is 25.8 Å². The van der Waals surface area contributed by atoms with Gasteiger partial charge in [-0.05, 0) is 44.0 Å². The van der Waals surface area contributed by atoms with Gasteiger partial charge in [0, 0.05) is 19.3 Å². The van der Waals surface area contributed by atoms with Crippen molar-refractivity contribution >= 4 is 42.7 Å². The number of hydrogen-bond acceptors (Lipinski definition) is 7. The number of thiazole rings is 1. The van der Waals surface area contributed by atoms with Crippen LogP contribution in [0.3, 0.4) is 0 Å². The van der Waals surface area contributed by atoms with Crippen LogP contribution in [0.5, 0.6) is 5.75 Å². The lowest BCUT2D eigenvalue weighted by Gasteiger charge is -2.25. The van der Waals surface area contributed by atoms with Crippen LogP contribution in [0.25, 0.3) is 31.8 Å². The summed E-state index contributed by atoms with van der Waals surface area (Å²) in [6, 6.07) is 12.0. The zero-order valence-corrected chi connectivity index (χ0v) is 18.3. The number of aromatic nitrogens is 3. The standard InChI is InChI=1S/C21H21N3O4S2/c1-13-22-19-17(24(13)14-9-11-27-12-10-14)8-7-15(20(19)28-30(2,25)26)21-23-16-5-3-4-6-18(16)29-21/h3-8,14H,9-12H2,1-2H3. The van der Waals surface area contributed by atoms with E-state index in [4.69, 9.17) is 18.9 Å². The van der Waals surface area contributed by atoms with Crippen molar-refractivity contribution in [1.29, 1.82) is 0 Å². The van der Waals surface area contributed by atoms with Crippen LogP contribution in [-0.2, 0) is 14.9 Å². The second kappa shape index (κ2) is 7.33. The molecule has 156 valence electrons. The van der Waals surface area contributed by atoms with Crippen LogP contribution >= 0.6 is 11.3 Å². The van der Waals surface area contributed by atoms with E-state index in [0.717, 1.165) is 40.7 Å². The van der Waals surface area contributed by atoms with E-state index in [2.05, 4.69) is 4.57 Å². The lowest BCUT2D eigenvalue weighted by Crippen LogP contribution is -2.20. The van der Waals surface area contributed by atoms with E-state index in [1.807, 2.05) is 43.3 Å². The van der Waals surface area contributed by atoms with Gasteiger partial charge in [-0.3, -0.25) is 0 Å². The van der Waals surface area contributed by atoms with Gasteiger partial charge in [-0.15, -0.1) is 11.3 Å². The first kappa shape index (κ1) is 19.5. The Labute approximate surface area is 178 Å². The molecular formula is C21H21N3O4S2. The maximum absolute atomic E-state index is 12.1. The molecule has 0 atom stereocenters. The van der Waals surface area contributed by atoms with Crippen LogP contribution in [0.1, 0.15) is 24.7 Å². The monoisotopic (exact) mass is 443 g/mol. The summed E-state index contributed by atoms with van der Waals surface area (Å²) in [5.74, 6) is 1.07. The smallest absolute Gasteiger partial charge is 0.306 e. The van der Waals surface area contributed by atoms with Gasteiger partial charge in [0.05, 0.1) is 27.6 Å². The number of para-hydroxylation sites is 1. The molecule has 0 unspecified atom stereocenters. The van der Waals surface area contributed by atoms with Crippen molar-refractivity contribution in [2.75, 3.05) is 19.5 Å². The fourth-order valence-electron chi connectivity index (χ4n) is 4.05. The summed E-state index contributed by atoms with van der Waals surface area (Å²) < 4.78 is 38.4. The van der Waals surface area contributed by atoms with Crippen LogP contribution in [0.2, 0.25) is 0 Å². The fourth-order valence-corrected chi connectivity index (χ4v) is 5.51. The Bertz CT molecular complexity index is 1320. The molecule has 4 aromatic rings. The van der Waals surface area contributed by atoms with Crippen LogP contribution in [0.15, 0.2) is 36.4 Å². The number of fused-ring (bicyclic) bond motifs is 2. The van der Waals surface area contributed by atoms with Crippen molar-refractivity contribution in [3.63, 3.8) is 0 Å². The zero-order valence-electron chi connectivity index (χ0n) is 16.7. The van der Waals surface area contributed by atoms with Crippen LogP contribution in [0, 0.1) is 6.92 Å². The Balaban J connectivity index is 1.73. The molecule has 0 aliphatic carbocycles. The van der Waals surface area contributed by atoms with E-state index in [1.54, 1.807) is 0 Å². The third kappa shape index (κ3) is 3.46. The first-order valence-corrected chi connectivity index (χ1v) is 12.4. The molecule has 0 amide bonds. The quantitative estimate of drug-likeness (QED) is 0.437. The average molecular weight is 444 g/mol. The van der Waals surface area contributed by atoms with Crippen molar-refractivity contribution in [3.8, 4) is 16.3 Å². The molecule has 0 radical (unpaired) electrons. The van der Waals surface area contributed by atoms with Gasteiger partial charge < -0.3 is 13.5 Å². The Kier molecular flexibility index (Phi) is 4.76. The highest BCUT2D eigenvalue weighted by Gasteiger charge is 2.25. The Morgan fingerprint density at radius 3 is 2.63 bits per heavy atom. The van der Waals surface area contributed by atoms with Crippen molar-refractivity contribution in [1.82, 2.24) is 14.5 Å².